The number of hydrogen-bond donors (Lipinski definition) is 0. The number of carbonyl (C=O) groups excluding carboxylic acids is 3. The maximum Gasteiger partial charge on any atom is 0.329 e. The normalized spacial score (nSPS) is 20.8. The van der Waals surface area contributed by atoms with Crippen LogP contribution in [0.25, 0.3) is 0 Å². The molecule has 0 spiro atoms. The summed E-state index contributed by atoms with van der Waals surface area (Å²) in [5.41, 5.74) is 0.767. The largest absolute Gasteiger partial charge is 0.469 e. The van der Waals surface area contributed by atoms with Crippen LogP contribution in [0.1, 0.15) is 48.7 Å². The van der Waals surface area contributed by atoms with E-state index >= 15 is 0 Å². The van der Waals surface area contributed by atoms with Gasteiger partial charge in [0.1, 0.15) is 6.04 Å². The van der Waals surface area contributed by atoms with Gasteiger partial charge in [-0.2, -0.15) is 0 Å². The van der Waals surface area contributed by atoms with Crippen molar-refractivity contribution in [1.82, 2.24) is 4.90 Å². The predicted molar refractivity (Wildman–Crippen MR) is 84.4 cm³/mol. The van der Waals surface area contributed by atoms with Crippen LogP contribution in [-0.2, 0) is 19.1 Å². The number of amides is 1. The summed E-state index contributed by atoms with van der Waals surface area (Å²) in [4.78, 5) is 38.6. The fourth-order valence-corrected chi connectivity index (χ4v) is 3.11. The van der Waals surface area contributed by atoms with Gasteiger partial charge in [0.15, 0.2) is 5.76 Å². The number of carbonyl (C=O) groups is 3. The van der Waals surface area contributed by atoms with E-state index in [1.807, 2.05) is 13.8 Å². The van der Waals surface area contributed by atoms with Crippen LogP contribution < -0.4 is 0 Å². The lowest BCUT2D eigenvalue weighted by atomic mass is 9.88. The number of piperidine rings is 1. The Kier molecular flexibility index (Phi) is 5.64. The molecule has 2 heterocycles. The molecule has 0 unspecified atom stereocenters. The third-order valence-corrected chi connectivity index (χ3v) is 4.35. The Hall–Kier alpha value is -2.31. The van der Waals surface area contributed by atoms with Crippen molar-refractivity contribution in [1.29, 1.82) is 0 Å². The fraction of sp³-hybridized carbons (Fsp3) is 0.588. The van der Waals surface area contributed by atoms with Gasteiger partial charge in [0.25, 0.3) is 5.91 Å². The molecule has 24 heavy (non-hydrogen) atoms. The standard InChI is InChI=1S/C17H23NO6/c1-10(2)11-7-9-24-14(11)15(19)18-8-5-6-12(16(20)22-3)13(18)17(21)23-4/h7,9-10,12-13H,5-6,8H2,1-4H3/t12-,13-/m0/s1. The predicted octanol–water partition coefficient (Wildman–Crippen LogP) is 1.97. The van der Waals surface area contributed by atoms with Gasteiger partial charge < -0.3 is 18.8 Å². The van der Waals surface area contributed by atoms with E-state index in [-0.39, 0.29) is 11.7 Å². The highest BCUT2D eigenvalue weighted by Crippen LogP contribution is 2.29. The minimum absolute atomic E-state index is 0.0977. The number of hydrogen-bond acceptors (Lipinski definition) is 6. The molecule has 1 fully saturated rings. The van der Waals surface area contributed by atoms with Gasteiger partial charge in [-0.3, -0.25) is 9.59 Å². The van der Waals surface area contributed by atoms with Crippen LogP contribution in [0.3, 0.4) is 0 Å². The topological polar surface area (TPSA) is 86.0 Å². The molecule has 0 aliphatic carbocycles. The van der Waals surface area contributed by atoms with Crippen LogP contribution in [0.15, 0.2) is 16.7 Å². The van der Waals surface area contributed by atoms with Gasteiger partial charge in [-0.05, 0) is 24.8 Å². The summed E-state index contributed by atoms with van der Waals surface area (Å²) in [6.45, 7) is 4.25. The second-order valence-corrected chi connectivity index (χ2v) is 6.10. The molecule has 2 atom stereocenters. The highest BCUT2D eigenvalue weighted by molar-refractivity contribution is 5.97. The Bertz CT molecular complexity index is 620. The molecule has 2 rings (SSSR count). The summed E-state index contributed by atoms with van der Waals surface area (Å²) < 4.78 is 15.0. The molecule has 0 aromatic carbocycles. The first kappa shape index (κ1) is 18.0. The second-order valence-electron chi connectivity index (χ2n) is 6.10. The molecule has 7 heteroatoms. The van der Waals surface area contributed by atoms with E-state index in [0.717, 1.165) is 5.56 Å². The van der Waals surface area contributed by atoms with E-state index in [1.165, 1.54) is 25.4 Å². The molecule has 0 bridgehead atoms. The number of furan rings is 1. The molecule has 1 saturated heterocycles. The molecule has 0 radical (unpaired) electrons. The SMILES string of the molecule is COC(=O)[C@H]1CCCN(C(=O)c2occc2C(C)C)[C@@H]1C(=O)OC. The first-order valence-corrected chi connectivity index (χ1v) is 7.96. The molecular weight excluding hydrogens is 314 g/mol. The Morgan fingerprint density at radius 3 is 2.46 bits per heavy atom. The van der Waals surface area contributed by atoms with Crippen LogP contribution in [-0.4, -0.2) is 49.6 Å². The third kappa shape index (κ3) is 3.29. The Morgan fingerprint density at radius 1 is 1.21 bits per heavy atom. The zero-order chi connectivity index (χ0) is 17.9. The number of nitrogens with zero attached hydrogens (tertiary/aromatic N) is 1. The number of methoxy groups -OCH3 is 2. The number of rotatable bonds is 4. The van der Waals surface area contributed by atoms with E-state index in [1.54, 1.807) is 6.07 Å². The van der Waals surface area contributed by atoms with Crippen molar-refractivity contribution in [3.8, 4) is 0 Å². The summed E-state index contributed by atoms with van der Waals surface area (Å²) in [5.74, 6) is -2.00. The molecular formula is C17H23NO6. The summed E-state index contributed by atoms with van der Waals surface area (Å²) in [6.07, 6.45) is 2.51. The van der Waals surface area contributed by atoms with E-state index < -0.39 is 29.8 Å². The van der Waals surface area contributed by atoms with Crippen LogP contribution in [0.5, 0.6) is 0 Å². The summed E-state index contributed by atoms with van der Waals surface area (Å²) in [7, 11) is 2.50. The third-order valence-electron chi connectivity index (χ3n) is 4.35. The maximum absolute atomic E-state index is 12.9. The zero-order valence-corrected chi connectivity index (χ0v) is 14.4. The molecule has 132 valence electrons. The maximum atomic E-state index is 12.9. The van der Waals surface area contributed by atoms with E-state index in [0.29, 0.717) is 19.4 Å². The Balaban J connectivity index is 2.38. The van der Waals surface area contributed by atoms with Gasteiger partial charge in [0.2, 0.25) is 0 Å². The average molecular weight is 337 g/mol. The van der Waals surface area contributed by atoms with Gasteiger partial charge in [0.05, 0.1) is 26.4 Å². The van der Waals surface area contributed by atoms with Crippen molar-refractivity contribution in [2.24, 2.45) is 5.92 Å². The molecule has 0 saturated carbocycles. The van der Waals surface area contributed by atoms with Gasteiger partial charge >= 0.3 is 11.9 Å². The zero-order valence-electron chi connectivity index (χ0n) is 14.4. The molecule has 7 nitrogen and oxygen atoms in total. The van der Waals surface area contributed by atoms with Crippen LogP contribution >= 0.6 is 0 Å². The minimum atomic E-state index is -1.01. The van der Waals surface area contributed by atoms with Crippen molar-refractivity contribution in [2.45, 2.75) is 38.6 Å². The lowest BCUT2D eigenvalue weighted by Gasteiger charge is -2.37. The van der Waals surface area contributed by atoms with Crippen LogP contribution in [0, 0.1) is 5.92 Å². The molecule has 1 aromatic heterocycles. The average Bonchev–Trinajstić information content (AvgIpc) is 3.09. The van der Waals surface area contributed by atoms with E-state index in [9.17, 15) is 14.4 Å². The monoisotopic (exact) mass is 337 g/mol. The first-order chi connectivity index (χ1) is 11.4. The summed E-state index contributed by atoms with van der Waals surface area (Å²) in [5, 5.41) is 0. The lowest BCUT2D eigenvalue weighted by molar-refractivity contribution is -0.160. The Labute approximate surface area is 140 Å². The lowest BCUT2D eigenvalue weighted by Crippen LogP contribution is -2.55. The molecule has 1 aromatic rings. The smallest absolute Gasteiger partial charge is 0.329 e. The minimum Gasteiger partial charge on any atom is -0.469 e. The van der Waals surface area contributed by atoms with Crippen molar-refractivity contribution in [2.75, 3.05) is 20.8 Å². The van der Waals surface area contributed by atoms with Crippen molar-refractivity contribution in [3.63, 3.8) is 0 Å². The van der Waals surface area contributed by atoms with Gasteiger partial charge in [-0.15, -0.1) is 0 Å². The van der Waals surface area contributed by atoms with Crippen LogP contribution in [0.2, 0.25) is 0 Å². The molecule has 1 amide bonds. The van der Waals surface area contributed by atoms with E-state index in [4.69, 9.17) is 13.9 Å². The highest BCUT2D eigenvalue weighted by Gasteiger charge is 2.45. The van der Waals surface area contributed by atoms with Crippen molar-refractivity contribution >= 4 is 17.8 Å². The van der Waals surface area contributed by atoms with Gasteiger partial charge in [-0.25, -0.2) is 4.79 Å². The summed E-state index contributed by atoms with van der Waals surface area (Å²) in [6, 6.07) is 0.737. The molecule has 1 aliphatic heterocycles. The van der Waals surface area contributed by atoms with Crippen molar-refractivity contribution in [3.05, 3.63) is 23.7 Å². The first-order valence-electron chi connectivity index (χ1n) is 7.96. The Morgan fingerprint density at radius 2 is 1.88 bits per heavy atom. The second kappa shape index (κ2) is 7.51. The summed E-state index contributed by atoms with van der Waals surface area (Å²) >= 11 is 0. The fourth-order valence-electron chi connectivity index (χ4n) is 3.11. The number of esters is 2. The van der Waals surface area contributed by atoms with Crippen LogP contribution in [0.4, 0.5) is 0 Å². The molecule has 0 N–H and O–H groups in total. The van der Waals surface area contributed by atoms with Crippen molar-refractivity contribution < 1.29 is 28.3 Å². The van der Waals surface area contributed by atoms with E-state index in [2.05, 4.69) is 0 Å². The highest BCUT2D eigenvalue weighted by atomic mass is 16.5. The van der Waals surface area contributed by atoms with Gasteiger partial charge in [-0.1, -0.05) is 13.8 Å². The van der Waals surface area contributed by atoms with Gasteiger partial charge in [0, 0.05) is 12.1 Å². The molecule has 1 aliphatic rings. The number of ether oxygens (including phenoxy) is 2. The number of likely N-dealkylation sites (tertiary alicyclic amines) is 1. The quantitative estimate of drug-likeness (QED) is 0.781.